The molecule has 2 aromatic heterocycles. The third-order valence-electron chi connectivity index (χ3n) is 4.90. The highest BCUT2D eigenvalue weighted by atomic mass is 16.2. The summed E-state index contributed by atoms with van der Waals surface area (Å²) in [4.78, 5) is 14.5. The van der Waals surface area contributed by atoms with Crippen molar-refractivity contribution in [3.63, 3.8) is 0 Å². The van der Waals surface area contributed by atoms with Crippen LogP contribution in [0.25, 0.3) is 11.7 Å². The fourth-order valence-electron chi connectivity index (χ4n) is 3.47. The smallest absolute Gasteiger partial charge is 0.246 e. The first-order valence-corrected chi connectivity index (χ1v) is 9.01. The largest absolute Gasteiger partial charge is 0.338 e. The minimum absolute atomic E-state index is 0.00196. The lowest BCUT2D eigenvalue weighted by atomic mass is 9.97. The van der Waals surface area contributed by atoms with Crippen LogP contribution in [0, 0.1) is 11.3 Å². The van der Waals surface area contributed by atoms with E-state index in [0.717, 1.165) is 36.4 Å². The maximum atomic E-state index is 12.6. The number of carbonyl (C=O) groups is 1. The van der Waals surface area contributed by atoms with E-state index in [-0.39, 0.29) is 11.8 Å². The number of carbonyl (C=O) groups excluding carboxylic acids is 1. The molecule has 6 heteroatoms. The molecule has 4 rings (SSSR count). The van der Waals surface area contributed by atoms with E-state index in [1.165, 1.54) is 0 Å². The molecule has 1 atom stereocenters. The second-order valence-corrected chi connectivity index (χ2v) is 6.68. The van der Waals surface area contributed by atoms with Gasteiger partial charge in [-0.15, -0.1) is 10.2 Å². The normalized spacial score (nSPS) is 17.3. The van der Waals surface area contributed by atoms with E-state index in [1.807, 2.05) is 45.8 Å². The number of aromatic nitrogens is 3. The van der Waals surface area contributed by atoms with Gasteiger partial charge in [0.15, 0.2) is 5.65 Å². The predicted molar refractivity (Wildman–Crippen MR) is 102 cm³/mol. The van der Waals surface area contributed by atoms with Gasteiger partial charge in [0.2, 0.25) is 5.91 Å². The number of nitrogens with zero attached hydrogens (tertiary/aromatic N) is 5. The highest BCUT2D eigenvalue weighted by Gasteiger charge is 2.26. The molecule has 27 heavy (non-hydrogen) atoms. The van der Waals surface area contributed by atoms with Crippen LogP contribution >= 0.6 is 0 Å². The standard InChI is InChI=1S/C21H19N5O/c22-14-17-8-6-16(7-9-17)10-11-20(27)25-12-3-4-18(15-25)21-24-23-19-5-1-2-13-26(19)21/h1-2,5-11,13,18H,3-4,12,15H2/b11-10+/t18-/m0/s1. The number of piperidine rings is 1. The van der Waals surface area contributed by atoms with Crippen molar-refractivity contribution in [2.24, 2.45) is 0 Å². The quantitative estimate of drug-likeness (QED) is 0.675. The number of hydrogen-bond donors (Lipinski definition) is 0. The number of fused-ring (bicyclic) bond motifs is 1. The summed E-state index contributed by atoms with van der Waals surface area (Å²) in [6.45, 7) is 1.40. The number of benzene rings is 1. The maximum Gasteiger partial charge on any atom is 0.246 e. The Morgan fingerprint density at radius 1 is 1.19 bits per heavy atom. The van der Waals surface area contributed by atoms with Gasteiger partial charge in [0.05, 0.1) is 11.6 Å². The summed E-state index contributed by atoms with van der Waals surface area (Å²) < 4.78 is 2.01. The molecule has 1 aliphatic heterocycles. The second-order valence-electron chi connectivity index (χ2n) is 6.68. The SMILES string of the molecule is N#Cc1ccc(/C=C/C(=O)N2CCC[C@H](c3nnc4ccccn34)C2)cc1. The highest BCUT2D eigenvalue weighted by molar-refractivity contribution is 5.91. The Morgan fingerprint density at radius 2 is 2.04 bits per heavy atom. The van der Waals surface area contributed by atoms with Gasteiger partial charge in [0.25, 0.3) is 0 Å². The Balaban J connectivity index is 1.46. The van der Waals surface area contributed by atoms with Gasteiger partial charge >= 0.3 is 0 Å². The van der Waals surface area contributed by atoms with E-state index in [9.17, 15) is 4.79 Å². The molecule has 0 saturated carbocycles. The number of pyridine rings is 1. The average Bonchev–Trinajstić information content (AvgIpc) is 3.16. The summed E-state index contributed by atoms with van der Waals surface area (Å²) in [5, 5.41) is 17.4. The Bertz CT molecular complexity index is 1030. The average molecular weight is 357 g/mol. The summed E-state index contributed by atoms with van der Waals surface area (Å²) in [6.07, 6.45) is 7.31. The number of nitriles is 1. The summed E-state index contributed by atoms with van der Waals surface area (Å²) >= 11 is 0. The number of amides is 1. The van der Waals surface area contributed by atoms with Crippen LogP contribution < -0.4 is 0 Å². The van der Waals surface area contributed by atoms with E-state index in [4.69, 9.17) is 5.26 Å². The van der Waals surface area contributed by atoms with Gasteiger partial charge in [0.1, 0.15) is 5.82 Å². The van der Waals surface area contributed by atoms with Gasteiger partial charge < -0.3 is 4.90 Å². The number of hydrogen-bond acceptors (Lipinski definition) is 4. The third kappa shape index (κ3) is 3.58. The first-order chi connectivity index (χ1) is 13.2. The van der Waals surface area contributed by atoms with Crippen molar-refractivity contribution < 1.29 is 4.79 Å². The van der Waals surface area contributed by atoms with Crippen molar-refractivity contribution in [1.29, 1.82) is 5.26 Å². The first-order valence-electron chi connectivity index (χ1n) is 9.01. The zero-order valence-electron chi connectivity index (χ0n) is 14.8. The summed E-state index contributed by atoms with van der Waals surface area (Å²) in [5.41, 5.74) is 2.34. The summed E-state index contributed by atoms with van der Waals surface area (Å²) in [6, 6.07) is 15.1. The van der Waals surface area contributed by atoms with Gasteiger partial charge in [-0.2, -0.15) is 5.26 Å². The molecular weight excluding hydrogens is 338 g/mol. The molecule has 0 aliphatic carbocycles. The van der Waals surface area contributed by atoms with Crippen LogP contribution in [0.2, 0.25) is 0 Å². The van der Waals surface area contributed by atoms with Crippen LogP contribution in [0.15, 0.2) is 54.7 Å². The monoisotopic (exact) mass is 357 g/mol. The topological polar surface area (TPSA) is 74.3 Å². The summed E-state index contributed by atoms with van der Waals surface area (Å²) in [7, 11) is 0. The van der Waals surface area contributed by atoms with Crippen molar-refractivity contribution in [3.05, 3.63) is 71.7 Å². The van der Waals surface area contributed by atoms with Crippen LogP contribution in [0.5, 0.6) is 0 Å². The third-order valence-corrected chi connectivity index (χ3v) is 4.90. The molecule has 1 fully saturated rings. The Labute approximate surface area is 157 Å². The van der Waals surface area contributed by atoms with E-state index in [0.29, 0.717) is 12.1 Å². The zero-order valence-corrected chi connectivity index (χ0v) is 14.8. The molecule has 0 bridgehead atoms. The van der Waals surface area contributed by atoms with Crippen LogP contribution in [0.1, 0.15) is 35.7 Å². The lowest BCUT2D eigenvalue weighted by molar-refractivity contribution is -0.127. The molecule has 6 nitrogen and oxygen atoms in total. The molecule has 3 heterocycles. The number of likely N-dealkylation sites (tertiary alicyclic amines) is 1. The van der Waals surface area contributed by atoms with E-state index in [1.54, 1.807) is 24.3 Å². The predicted octanol–water partition coefficient (Wildman–Crippen LogP) is 3.02. The van der Waals surface area contributed by atoms with Crippen molar-refractivity contribution in [2.45, 2.75) is 18.8 Å². The van der Waals surface area contributed by atoms with Gasteiger partial charge in [-0.25, -0.2) is 0 Å². The molecule has 1 amide bonds. The molecule has 0 unspecified atom stereocenters. The zero-order chi connectivity index (χ0) is 18.6. The first kappa shape index (κ1) is 17.0. The van der Waals surface area contributed by atoms with Crippen molar-refractivity contribution in [2.75, 3.05) is 13.1 Å². The Kier molecular flexibility index (Phi) is 4.67. The number of rotatable bonds is 3. The van der Waals surface area contributed by atoms with E-state index in [2.05, 4.69) is 16.3 Å². The molecule has 0 radical (unpaired) electrons. The van der Waals surface area contributed by atoms with Crippen LogP contribution in [-0.4, -0.2) is 38.5 Å². The van der Waals surface area contributed by atoms with Crippen LogP contribution in [0.4, 0.5) is 0 Å². The van der Waals surface area contributed by atoms with Gasteiger partial charge in [-0.1, -0.05) is 18.2 Å². The second kappa shape index (κ2) is 7.42. The van der Waals surface area contributed by atoms with Gasteiger partial charge in [-0.05, 0) is 48.7 Å². The van der Waals surface area contributed by atoms with E-state index >= 15 is 0 Å². The lowest BCUT2D eigenvalue weighted by Gasteiger charge is -2.31. The van der Waals surface area contributed by atoms with Gasteiger partial charge in [0, 0.05) is 31.3 Å². The van der Waals surface area contributed by atoms with Crippen LogP contribution in [-0.2, 0) is 4.79 Å². The highest BCUT2D eigenvalue weighted by Crippen LogP contribution is 2.26. The molecule has 1 saturated heterocycles. The summed E-state index contributed by atoms with van der Waals surface area (Å²) in [5.74, 6) is 1.10. The maximum absolute atomic E-state index is 12.6. The van der Waals surface area contributed by atoms with Gasteiger partial charge in [-0.3, -0.25) is 9.20 Å². The molecule has 0 spiro atoms. The minimum Gasteiger partial charge on any atom is -0.338 e. The Morgan fingerprint density at radius 3 is 2.85 bits per heavy atom. The molecule has 0 N–H and O–H groups in total. The Hall–Kier alpha value is -3.46. The molecule has 134 valence electrons. The minimum atomic E-state index is -0.00196. The van der Waals surface area contributed by atoms with Crippen LogP contribution in [0.3, 0.4) is 0 Å². The fourth-order valence-corrected chi connectivity index (χ4v) is 3.47. The molecule has 3 aromatic rings. The molecule has 1 aliphatic rings. The lowest BCUT2D eigenvalue weighted by Crippen LogP contribution is -2.38. The van der Waals surface area contributed by atoms with Crippen molar-refractivity contribution in [3.8, 4) is 6.07 Å². The van der Waals surface area contributed by atoms with Crippen molar-refractivity contribution in [1.82, 2.24) is 19.5 Å². The van der Waals surface area contributed by atoms with E-state index < -0.39 is 0 Å². The fraction of sp³-hybridized carbons (Fsp3) is 0.238. The van der Waals surface area contributed by atoms with Crippen molar-refractivity contribution >= 4 is 17.6 Å². The molecule has 1 aromatic carbocycles. The molecular formula is C21H19N5O.